The molecule has 0 saturated heterocycles. The number of esters is 1. The van der Waals surface area contributed by atoms with Crippen LogP contribution in [0.1, 0.15) is 6.92 Å². The van der Waals surface area contributed by atoms with E-state index in [2.05, 4.69) is 9.47 Å². The number of halogens is 5. The lowest BCUT2D eigenvalue weighted by molar-refractivity contribution is -0.184. The number of Topliss-reactive ketones (excluding diaryl/α,β-unsaturated/α-hetero) is 1. The van der Waals surface area contributed by atoms with Crippen LogP contribution in [-0.2, 0) is 14.3 Å². The Morgan fingerprint density at radius 3 is 2.43 bits per heavy atom. The van der Waals surface area contributed by atoms with E-state index < -0.39 is 35.6 Å². The molecule has 116 valence electrons. The molecular weight excluding hydrogens is 320 g/mol. The van der Waals surface area contributed by atoms with Gasteiger partial charge in [0.05, 0.1) is 11.6 Å². The van der Waals surface area contributed by atoms with Crippen LogP contribution in [0.25, 0.3) is 0 Å². The number of hydrogen-bond acceptors (Lipinski definition) is 4. The number of carbonyl (C=O) groups excluding carboxylic acids is 2. The van der Waals surface area contributed by atoms with Gasteiger partial charge < -0.3 is 9.47 Å². The third kappa shape index (κ3) is 4.59. The number of rotatable bonds is 5. The van der Waals surface area contributed by atoms with Crippen molar-refractivity contribution in [1.29, 1.82) is 0 Å². The molecule has 0 radical (unpaired) electrons. The predicted octanol–water partition coefficient (Wildman–Crippen LogP) is 2.92. The molecule has 0 aliphatic heterocycles. The first-order valence-electron chi connectivity index (χ1n) is 5.56. The van der Waals surface area contributed by atoms with E-state index in [1.807, 2.05) is 0 Å². The molecule has 1 unspecified atom stereocenters. The summed E-state index contributed by atoms with van der Waals surface area (Å²) in [6.45, 7) is 1.09. The number of alkyl halides is 3. The van der Waals surface area contributed by atoms with Gasteiger partial charge in [-0.3, -0.25) is 4.79 Å². The van der Waals surface area contributed by atoms with Gasteiger partial charge in [-0.1, -0.05) is 11.6 Å². The minimum Gasteiger partial charge on any atom is -0.470 e. The maximum atomic E-state index is 13.2. The molecular formula is C12H9ClF4O4. The van der Waals surface area contributed by atoms with E-state index in [0.717, 1.165) is 12.1 Å². The van der Waals surface area contributed by atoms with Crippen LogP contribution < -0.4 is 4.74 Å². The highest BCUT2D eigenvalue weighted by Crippen LogP contribution is 2.25. The fraction of sp³-hybridized carbons (Fsp3) is 0.333. The van der Waals surface area contributed by atoms with Gasteiger partial charge in [-0.2, -0.15) is 13.2 Å². The van der Waals surface area contributed by atoms with Crippen LogP contribution in [-0.4, -0.2) is 30.6 Å². The standard InChI is InChI=1S/C12H9ClF4O4/c1-2-20-11(19)9(10(18)12(15,16)17)21-6-3-4-7(13)8(14)5-6/h3-5,9H,2H2,1H3. The van der Waals surface area contributed by atoms with Crippen LogP contribution in [0.15, 0.2) is 18.2 Å². The van der Waals surface area contributed by atoms with Crippen molar-refractivity contribution in [2.45, 2.75) is 19.2 Å². The van der Waals surface area contributed by atoms with Crippen molar-refractivity contribution in [3.05, 3.63) is 29.0 Å². The van der Waals surface area contributed by atoms with Crippen LogP contribution in [0, 0.1) is 5.82 Å². The van der Waals surface area contributed by atoms with Crippen molar-refractivity contribution < 1.29 is 36.6 Å². The van der Waals surface area contributed by atoms with Gasteiger partial charge in [0.1, 0.15) is 11.6 Å². The summed E-state index contributed by atoms with van der Waals surface area (Å²) in [5.74, 6) is -5.41. The van der Waals surface area contributed by atoms with Crippen LogP contribution in [0.5, 0.6) is 5.75 Å². The van der Waals surface area contributed by atoms with Crippen LogP contribution in [0.2, 0.25) is 5.02 Å². The smallest absolute Gasteiger partial charge is 0.454 e. The molecule has 0 fully saturated rings. The van der Waals surface area contributed by atoms with Crippen LogP contribution >= 0.6 is 11.6 Å². The molecule has 0 heterocycles. The maximum Gasteiger partial charge on any atom is 0.454 e. The summed E-state index contributed by atoms with van der Waals surface area (Å²) >= 11 is 5.40. The number of benzene rings is 1. The monoisotopic (exact) mass is 328 g/mol. The first-order valence-corrected chi connectivity index (χ1v) is 5.94. The van der Waals surface area contributed by atoms with E-state index in [0.29, 0.717) is 6.07 Å². The van der Waals surface area contributed by atoms with Gasteiger partial charge in [0.2, 0.25) is 0 Å². The molecule has 1 aromatic carbocycles. The van der Waals surface area contributed by atoms with Crippen LogP contribution in [0.4, 0.5) is 17.6 Å². The zero-order valence-corrected chi connectivity index (χ0v) is 11.3. The number of ether oxygens (including phenoxy) is 2. The second kappa shape index (κ2) is 6.75. The van der Waals surface area contributed by atoms with E-state index in [-0.39, 0.29) is 11.6 Å². The third-order valence-corrected chi connectivity index (χ3v) is 2.47. The molecule has 1 atom stereocenters. The van der Waals surface area contributed by atoms with Crippen molar-refractivity contribution >= 4 is 23.4 Å². The van der Waals surface area contributed by atoms with Gasteiger partial charge in [0, 0.05) is 6.07 Å². The van der Waals surface area contributed by atoms with Crippen molar-refractivity contribution in [2.75, 3.05) is 6.61 Å². The summed E-state index contributed by atoms with van der Waals surface area (Å²) < 4.78 is 59.4. The maximum absolute atomic E-state index is 13.2. The lowest BCUT2D eigenvalue weighted by Gasteiger charge is -2.17. The third-order valence-electron chi connectivity index (χ3n) is 2.16. The molecule has 0 aromatic heterocycles. The quantitative estimate of drug-likeness (QED) is 0.474. The highest BCUT2D eigenvalue weighted by atomic mass is 35.5. The van der Waals surface area contributed by atoms with E-state index in [4.69, 9.17) is 11.6 Å². The first kappa shape index (κ1) is 17.2. The summed E-state index contributed by atoms with van der Waals surface area (Å²) in [5, 5.41) is -0.294. The minimum absolute atomic E-state index is 0.251. The normalized spacial score (nSPS) is 12.7. The predicted molar refractivity (Wildman–Crippen MR) is 63.5 cm³/mol. The lowest BCUT2D eigenvalue weighted by Crippen LogP contribution is -2.44. The highest BCUT2D eigenvalue weighted by molar-refractivity contribution is 6.30. The summed E-state index contributed by atoms with van der Waals surface area (Å²) in [7, 11) is 0. The molecule has 0 aliphatic rings. The van der Waals surface area contributed by atoms with Crippen molar-refractivity contribution in [2.24, 2.45) is 0 Å². The molecule has 0 aliphatic carbocycles. The number of ketones is 1. The fourth-order valence-corrected chi connectivity index (χ4v) is 1.38. The molecule has 1 rings (SSSR count). The number of hydrogen-bond donors (Lipinski definition) is 0. The first-order chi connectivity index (χ1) is 9.66. The van der Waals surface area contributed by atoms with Crippen molar-refractivity contribution in [3.63, 3.8) is 0 Å². The molecule has 0 saturated carbocycles. The summed E-state index contributed by atoms with van der Waals surface area (Å²) in [4.78, 5) is 22.6. The molecule has 0 spiro atoms. The topological polar surface area (TPSA) is 52.6 Å². The molecule has 0 bridgehead atoms. The van der Waals surface area contributed by atoms with E-state index in [9.17, 15) is 27.2 Å². The van der Waals surface area contributed by atoms with E-state index >= 15 is 0 Å². The zero-order valence-electron chi connectivity index (χ0n) is 10.5. The Hall–Kier alpha value is -1.83. The minimum atomic E-state index is -5.30. The van der Waals surface area contributed by atoms with Gasteiger partial charge in [0.25, 0.3) is 11.9 Å². The molecule has 4 nitrogen and oxygen atoms in total. The average molecular weight is 329 g/mol. The Kier molecular flexibility index (Phi) is 5.54. The largest absolute Gasteiger partial charge is 0.470 e. The van der Waals surface area contributed by atoms with Gasteiger partial charge in [-0.25, -0.2) is 9.18 Å². The zero-order chi connectivity index (χ0) is 16.2. The Morgan fingerprint density at radius 1 is 1.33 bits per heavy atom. The summed E-state index contributed by atoms with van der Waals surface area (Å²) in [5.41, 5.74) is 0. The van der Waals surface area contributed by atoms with Crippen molar-refractivity contribution in [3.8, 4) is 5.75 Å². The fourth-order valence-electron chi connectivity index (χ4n) is 1.26. The van der Waals surface area contributed by atoms with E-state index in [1.165, 1.54) is 6.92 Å². The Morgan fingerprint density at radius 2 is 1.95 bits per heavy atom. The van der Waals surface area contributed by atoms with Gasteiger partial charge in [0.15, 0.2) is 0 Å². The van der Waals surface area contributed by atoms with Gasteiger partial charge in [-0.05, 0) is 19.1 Å². The summed E-state index contributed by atoms with van der Waals surface area (Å²) in [6.07, 6.45) is -7.87. The number of carbonyl (C=O) groups is 2. The Balaban J connectivity index is 3.04. The second-order valence-electron chi connectivity index (χ2n) is 3.69. The average Bonchev–Trinajstić information content (AvgIpc) is 2.38. The van der Waals surface area contributed by atoms with E-state index in [1.54, 1.807) is 0 Å². The molecule has 0 N–H and O–H groups in total. The molecule has 9 heteroatoms. The summed E-state index contributed by atoms with van der Waals surface area (Å²) in [6, 6.07) is 2.67. The van der Waals surface area contributed by atoms with Crippen molar-refractivity contribution in [1.82, 2.24) is 0 Å². The molecule has 0 amide bonds. The highest BCUT2D eigenvalue weighted by Gasteiger charge is 2.48. The van der Waals surface area contributed by atoms with Gasteiger partial charge in [-0.15, -0.1) is 0 Å². The van der Waals surface area contributed by atoms with Crippen LogP contribution in [0.3, 0.4) is 0 Å². The van der Waals surface area contributed by atoms with Gasteiger partial charge >= 0.3 is 12.1 Å². The molecule has 21 heavy (non-hydrogen) atoms. The second-order valence-corrected chi connectivity index (χ2v) is 4.10. The Labute approximate surface area is 121 Å². The molecule has 1 aromatic rings. The Bertz CT molecular complexity index is 545. The SMILES string of the molecule is CCOC(=O)C(Oc1ccc(Cl)c(F)c1)C(=O)C(F)(F)F. The lowest BCUT2D eigenvalue weighted by atomic mass is 10.2.